The molecule has 0 bridgehead atoms. The molecule has 0 spiro atoms. The summed E-state index contributed by atoms with van der Waals surface area (Å²) in [4.78, 5) is 40.8. The Morgan fingerprint density at radius 3 is 2.32 bits per heavy atom. The van der Waals surface area contributed by atoms with Gasteiger partial charge in [-0.2, -0.15) is 0 Å². The smallest absolute Gasteiger partial charge is 0.287 e. The van der Waals surface area contributed by atoms with Crippen LogP contribution in [0.4, 0.5) is 5.69 Å². The van der Waals surface area contributed by atoms with Crippen molar-refractivity contribution >= 4 is 23.4 Å². The van der Waals surface area contributed by atoms with Gasteiger partial charge in [0.2, 0.25) is 5.91 Å². The third-order valence-corrected chi connectivity index (χ3v) is 6.00. The molecule has 2 heterocycles. The van der Waals surface area contributed by atoms with Crippen molar-refractivity contribution in [2.24, 2.45) is 0 Å². The van der Waals surface area contributed by atoms with E-state index >= 15 is 0 Å². The number of rotatable bonds is 8. The van der Waals surface area contributed by atoms with Gasteiger partial charge >= 0.3 is 0 Å². The second-order valence-electron chi connectivity index (χ2n) is 8.52. The molecule has 1 aliphatic carbocycles. The van der Waals surface area contributed by atoms with E-state index in [2.05, 4.69) is 10.6 Å². The maximum atomic E-state index is 13.6. The first kappa shape index (κ1) is 23.4. The lowest BCUT2D eigenvalue weighted by Crippen LogP contribution is -2.49. The van der Waals surface area contributed by atoms with Gasteiger partial charge in [-0.15, -0.1) is 0 Å². The van der Waals surface area contributed by atoms with Gasteiger partial charge in [0, 0.05) is 11.7 Å². The van der Waals surface area contributed by atoms with Gasteiger partial charge in [0.25, 0.3) is 11.8 Å². The highest BCUT2D eigenvalue weighted by Gasteiger charge is 2.36. The Hall–Kier alpha value is -3.81. The van der Waals surface area contributed by atoms with Gasteiger partial charge in [-0.3, -0.25) is 19.3 Å². The van der Waals surface area contributed by atoms with Gasteiger partial charge < -0.3 is 19.5 Å². The summed E-state index contributed by atoms with van der Waals surface area (Å²) in [7, 11) is 0. The van der Waals surface area contributed by atoms with Crippen LogP contribution < -0.4 is 15.5 Å². The first-order valence-corrected chi connectivity index (χ1v) is 11.6. The molecule has 0 aliphatic heterocycles. The molecule has 178 valence electrons. The number of amides is 3. The lowest BCUT2D eigenvalue weighted by Gasteiger charge is -2.32. The fourth-order valence-electron chi connectivity index (χ4n) is 4.23. The van der Waals surface area contributed by atoms with Crippen LogP contribution in [0.15, 0.2) is 69.9 Å². The Balaban J connectivity index is 1.62. The lowest BCUT2D eigenvalue weighted by molar-refractivity contribution is -0.127. The Bertz CT molecular complexity index is 1080. The summed E-state index contributed by atoms with van der Waals surface area (Å²) in [6.45, 7) is 1.63. The number of furan rings is 2. The summed E-state index contributed by atoms with van der Waals surface area (Å²) in [6, 6.07) is 12.8. The number of nitrogens with zero attached hydrogens (tertiary/aromatic N) is 1. The third kappa shape index (κ3) is 5.57. The quantitative estimate of drug-likeness (QED) is 0.523. The summed E-state index contributed by atoms with van der Waals surface area (Å²) in [5, 5.41) is 5.70. The van der Waals surface area contributed by atoms with Crippen molar-refractivity contribution in [3.05, 3.63) is 78.1 Å². The maximum Gasteiger partial charge on any atom is 0.287 e. The monoisotopic (exact) mass is 463 g/mol. The van der Waals surface area contributed by atoms with E-state index in [9.17, 15) is 14.4 Å². The minimum Gasteiger partial charge on any atom is -0.467 e. The first-order chi connectivity index (χ1) is 16.5. The van der Waals surface area contributed by atoms with Gasteiger partial charge in [-0.25, -0.2) is 0 Å². The van der Waals surface area contributed by atoms with E-state index in [1.165, 1.54) is 23.5 Å². The lowest BCUT2D eigenvalue weighted by atomic mass is 9.95. The standard InChI is InChI=1S/C26H29N3O5/c1-18-11-13-20(14-12-18)29(23(30)17-27-25(31)22-10-6-16-34-22)24(21-9-5-15-33-21)26(32)28-19-7-3-2-4-8-19/h5-6,9-16,19,24H,2-4,7-8,17H2,1H3,(H,27,31)(H,28,32)/t24-/m1/s1. The van der Waals surface area contributed by atoms with E-state index < -0.39 is 17.9 Å². The Kier molecular flexibility index (Phi) is 7.47. The van der Waals surface area contributed by atoms with Gasteiger partial charge in [-0.05, 0) is 56.2 Å². The van der Waals surface area contributed by atoms with Crippen LogP contribution in [0, 0.1) is 6.92 Å². The molecule has 1 atom stereocenters. The van der Waals surface area contributed by atoms with Gasteiger partial charge in [0.1, 0.15) is 5.76 Å². The van der Waals surface area contributed by atoms with Crippen LogP contribution in [-0.4, -0.2) is 30.3 Å². The molecular formula is C26H29N3O5. The molecule has 1 aromatic carbocycles. The highest BCUT2D eigenvalue weighted by molar-refractivity contribution is 6.04. The molecule has 4 rings (SSSR count). The van der Waals surface area contributed by atoms with Crippen LogP contribution in [0.3, 0.4) is 0 Å². The molecule has 34 heavy (non-hydrogen) atoms. The van der Waals surface area contributed by atoms with E-state index in [1.54, 1.807) is 30.3 Å². The average molecular weight is 464 g/mol. The molecule has 8 heteroatoms. The predicted octanol–water partition coefficient (Wildman–Crippen LogP) is 4.13. The van der Waals surface area contributed by atoms with Gasteiger partial charge in [0.15, 0.2) is 11.8 Å². The Morgan fingerprint density at radius 2 is 1.68 bits per heavy atom. The molecule has 8 nitrogen and oxygen atoms in total. The van der Waals surface area contributed by atoms with E-state index in [0.29, 0.717) is 11.4 Å². The van der Waals surface area contributed by atoms with Gasteiger partial charge in [0.05, 0.1) is 19.1 Å². The predicted molar refractivity (Wildman–Crippen MR) is 126 cm³/mol. The van der Waals surface area contributed by atoms with Crippen molar-refractivity contribution in [3.8, 4) is 0 Å². The number of aryl methyl sites for hydroxylation is 1. The molecule has 1 fully saturated rings. The van der Waals surface area contributed by atoms with E-state index in [-0.39, 0.29) is 24.3 Å². The highest BCUT2D eigenvalue weighted by atomic mass is 16.3. The number of carbonyl (C=O) groups excluding carboxylic acids is 3. The van der Waals surface area contributed by atoms with Crippen molar-refractivity contribution in [1.29, 1.82) is 0 Å². The van der Waals surface area contributed by atoms with Crippen molar-refractivity contribution in [1.82, 2.24) is 10.6 Å². The summed E-state index contributed by atoms with van der Waals surface area (Å²) < 4.78 is 10.7. The first-order valence-electron chi connectivity index (χ1n) is 11.6. The molecule has 1 aliphatic rings. The average Bonchev–Trinajstić information content (AvgIpc) is 3.57. The molecule has 0 saturated heterocycles. The molecule has 0 radical (unpaired) electrons. The fourth-order valence-corrected chi connectivity index (χ4v) is 4.23. The summed E-state index contributed by atoms with van der Waals surface area (Å²) in [5.74, 6) is -0.826. The second-order valence-corrected chi connectivity index (χ2v) is 8.52. The van der Waals surface area contributed by atoms with Crippen molar-refractivity contribution in [3.63, 3.8) is 0 Å². The number of anilines is 1. The SMILES string of the molecule is Cc1ccc(N(C(=O)CNC(=O)c2ccco2)[C@@H](C(=O)NC2CCCCC2)c2ccco2)cc1. The molecular weight excluding hydrogens is 434 g/mol. The van der Waals surface area contributed by atoms with Crippen LogP contribution in [0.25, 0.3) is 0 Å². The normalized spacial score (nSPS) is 14.9. The van der Waals surface area contributed by atoms with Gasteiger partial charge in [-0.1, -0.05) is 37.0 Å². The second kappa shape index (κ2) is 10.9. The fraction of sp³-hybridized carbons (Fsp3) is 0.346. The molecule has 0 unspecified atom stereocenters. The highest BCUT2D eigenvalue weighted by Crippen LogP contribution is 2.29. The van der Waals surface area contributed by atoms with E-state index in [4.69, 9.17) is 8.83 Å². The van der Waals surface area contributed by atoms with Crippen LogP contribution in [-0.2, 0) is 9.59 Å². The van der Waals surface area contributed by atoms with E-state index in [0.717, 1.165) is 37.7 Å². The molecule has 2 aromatic heterocycles. The molecule has 2 N–H and O–H groups in total. The Morgan fingerprint density at radius 1 is 0.971 bits per heavy atom. The number of nitrogens with one attached hydrogen (secondary N) is 2. The largest absolute Gasteiger partial charge is 0.467 e. The van der Waals surface area contributed by atoms with Crippen LogP contribution >= 0.6 is 0 Å². The van der Waals surface area contributed by atoms with Crippen molar-refractivity contribution in [2.75, 3.05) is 11.4 Å². The zero-order chi connectivity index (χ0) is 23.9. The Labute approximate surface area is 198 Å². The number of hydrogen-bond acceptors (Lipinski definition) is 5. The summed E-state index contributed by atoms with van der Waals surface area (Å²) in [6.07, 6.45) is 7.98. The third-order valence-electron chi connectivity index (χ3n) is 6.00. The van der Waals surface area contributed by atoms with Crippen molar-refractivity contribution < 1.29 is 23.2 Å². The molecule has 1 saturated carbocycles. The molecule has 3 amide bonds. The topological polar surface area (TPSA) is 105 Å². The molecule has 3 aromatic rings. The minimum atomic E-state index is -1.02. The zero-order valence-electron chi connectivity index (χ0n) is 19.2. The van der Waals surface area contributed by atoms with Crippen LogP contribution in [0.2, 0.25) is 0 Å². The summed E-state index contributed by atoms with van der Waals surface area (Å²) in [5.41, 5.74) is 1.55. The van der Waals surface area contributed by atoms with Crippen molar-refractivity contribution in [2.45, 2.75) is 51.1 Å². The minimum absolute atomic E-state index is 0.0623. The maximum absolute atomic E-state index is 13.6. The number of benzene rings is 1. The number of carbonyl (C=O) groups is 3. The number of hydrogen-bond donors (Lipinski definition) is 2. The zero-order valence-corrected chi connectivity index (χ0v) is 19.2. The van der Waals surface area contributed by atoms with Crippen LogP contribution in [0.1, 0.15) is 60.0 Å². The van der Waals surface area contributed by atoms with E-state index in [1.807, 2.05) is 19.1 Å². The van der Waals surface area contributed by atoms with Crippen LogP contribution in [0.5, 0.6) is 0 Å². The summed E-state index contributed by atoms with van der Waals surface area (Å²) >= 11 is 0.